The Bertz CT molecular complexity index is 240. The van der Waals surface area contributed by atoms with Gasteiger partial charge in [0.15, 0.2) is 0 Å². The highest BCUT2D eigenvalue weighted by Gasteiger charge is 2.42. The zero-order chi connectivity index (χ0) is 11.1. The molecule has 2 fully saturated rings. The van der Waals surface area contributed by atoms with Gasteiger partial charge < -0.3 is 15.4 Å². The first kappa shape index (κ1) is 10.7. The summed E-state index contributed by atoms with van der Waals surface area (Å²) in [6.45, 7) is 6.68. The van der Waals surface area contributed by atoms with Crippen molar-refractivity contribution in [1.82, 2.24) is 10.6 Å². The van der Waals surface area contributed by atoms with E-state index in [-0.39, 0.29) is 12.1 Å². The Labute approximate surface area is 90.8 Å². The molecular formula is C11H20N2O2. The van der Waals surface area contributed by atoms with Gasteiger partial charge >= 0.3 is 6.09 Å². The van der Waals surface area contributed by atoms with E-state index in [9.17, 15) is 4.79 Å². The molecule has 1 amide bonds. The largest absolute Gasteiger partial charge is 0.444 e. The molecule has 1 saturated carbocycles. The van der Waals surface area contributed by atoms with E-state index in [1.807, 2.05) is 20.8 Å². The van der Waals surface area contributed by atoms with Crippen molar-refractivity contribution in [3.8, 4) is 0 Å². The van der Waals surface area contributed by atoms with Crippen molar-refractivity contribution in [1.29, 1.82) is 0 Å². The molecule has 3 atom stereocenters. The van der Waals surface area contributed by atoms with E-state index >= 15 is 0 Å². The Balaban J connectivity index is 1.85. The zero-order valence-corrected chi connectivity index (χ0v) is 9.67. The third-order valence-electron chi connectivity index (χ3n) is 3.12. The van der Waals surface area contributed by atoms with Crippen LogP contribution in [0.3, 0.4) is 0 Å². The predicted molar refractivity (Wildman–Crippen MR) is 57.7 cm³/mol. The van der Waals surface area contributed by atoms with Crippen LogP contribution in [0.15, 0.2) is 0 Å². The maximum atomic E-state index is 11.6. The molecule has 1 heterocycles. The second-order valence-corrected chi connectivity index (χ2v) is 5.52. The van der Waals surface area contributed by atoms with Gasteiger partial charge in [0, 0.05) is 12.6 Å². The van der Waals surface area contributed by atoms with Crippen LogP contribution in [0.2, 0.25) is 0 Å². The summed E-state index contributed by atoms with van der Waals surface area (Å²) in [4.78, 5) is 11.6. The number of hydrogen-bond donors (Lipinski definition) is 2. The van der Waals surface area contributed by atoms with E-state index in [4.69, 9.17) is 4.74 Å². The molecule has 2 bridgehead atoms. The molecule has 4 heteroatoms. The molecule has 1 aliphatic heterocycles. The molecule has 0 unspecified atom stereocenters. The molecule has 86 valence electrons. The first-order valence-electron chi connectivity index (χ1n) is 5.68. The van der Waals surface area contributed by atoms with Crippen LogP contribution in [0.4, 0.5) is 4.79 Å². The second-order valence-electron chi connectivity index (χ2n) is 5.52. The van der Waals surface area contributed by atoms with Gasteiger partial charge in [-0.2, -0.15) is 0 Å². The number of rotatable bonds is 1. The summed E-state index contributed by atoms with van der Waals surface area (Å²) in [6, 6.07) is 0.738. The van der Waals surface area contributed by atoms with E-state index in [0.29, 0.717) is 12.0 Å². The van der Waals surface area contributed by atoms with E-state index in [0.717, 1.165) is 6.54 Å². The number of fused-ring (bicyclic) bond motifs is 2. The Morgan fingerprint density at radius 3 is 2.53 bits per heavy atom. The monoisotopic (exact) mass is 212 g/mol. The normalized spacial score (nSPS) is 34.2. The number of amides is 1. The molecule has 1 aliphatic carbocycles. The first-order valence-corrected chi connectivity index (χ1v) is 5.68. The van der Waals surface area contributed by atoms with Crippen molar-refractivity contribution in [2.45, 2.75) is 51.3 Å². The van der Waals surface area contributed by atoms with Crippen LogP contribution in [0, 0.1) is 5.92 Å². The van der Waals surface area contributed by atoms with Gasteiger partial charge in [0.1, 0.15) is 5.60 Å². The first-order chi connectivity index (χ1) is 6.96. The number of ether oxygens (including phenoxy) is 1. The van der Waals surface area contributed by atoms with Gasteiger partial charge in [-0.3, -0.25) is 0 Å². The quantitative estimate of drug-likeness (QED) is 0.688. The van der Waals surface area contributed by atoms with Crippen LogP contribution in [-0.4, -0.2) is 30.3 Å². The lowest BCUT2D eigenvalue weighted by molar-refractivity contribution is 0.0497. The molecule has 1 saturated heterocycles. The highest BCUT2D eigenvalue weighted by Crippen LogP contribution is 2.31. The molecular weight excluding hydrogens is 192 g/mol. The van der Waals surface area contributed by atoms with Crippen LogP contribution in [0.5, 0.6) is 0 Å². The van der Waals surface area contributed by atoms with E-state index in [1.165, 1.54) is 12.8 Å². The number of carbonyl (C=O) groups is 1. The summed E-state index contributed by atoms with van der Waals surface area (Å²) < 4.78 is 5.25. The standard InChI is InChI=1S/C11H20N2O2/c1-11(2,3)15-10(14)13-9-7-4-5-8(9)12-6-7/h7-9,12H,4-6H2,1-3H3,(H,13,14)/t7-,8+,9+/m1/s1. The van der Waals surface area contributed by atoms with Gasteiger partial charge in [0.2, 0.25) is 0 Å². The number of hydrogen-bond acceptors (Lipinski definition) is 3. The minimum Gasteiger partial charge on any atom is -0.444 e. The molecule has 0 aromatic rings. The number of alkyl carbamates (subject to hydrolysis) is 1. The maximum absolute atomic E-state index is 11.6. The van der Waals surface area contributed by atoms with Crippen molar-refractivity contribution in [2.75, 3.05) is 6.54 Å². The fourth-order valence-corrected chi connectivity index (χ4v) is 2.50. The molecule has 2 N–H and O–H groups in total. The lowest BCUT2D eigenvalue weighted by Crippen LogP contribution is -2.44. The lowest BCUT2D eigenvalue weighted by atomic mass is 10.1. The Morgan fingerprint density at radius 1 is 1.40 bits per heavy atom. The Hall–Kier alpha value is -0.770. The minimum atomic E-state index is -0.408. The van der Waals surface area contributed by atoms with Crippen LogP contribution >= 0.6 is 0 Å². The van der Waals surface area contributed by atoms with Crippen molar-refractivity contribution in [2.24, 2.45) is 5.92 Å². The van der Waals surface area contributed by atoms with E-state index in [1.54, 1.807) is 0 Å². The van der Waals surface area contributed by atoms with E-state index < -0.39 is 5.60 Å². The summed E-state index contributed by atoms with van der Waals surface area (Å²) >= 11 is 0. The van der Waals surface area contributed by atoms with Gasteiger partial charge in [0.25, 0.3) is 0 Å². The van der Waals surface area contributed by atoms with E-state index in [2.05, 4.69) is 10.6 Å². The van der Waals surface area contributed by atoms with Gasteiger partial charge in [-0.25, -0.2) is 4.79 Å². The van der Waals surface area contributed by atoms with Crippen molar-refractivity contribution >= 4 is 6.09 Å². The highest BCUT2D eigenvalue weighted by atomic mass is 16.6. The summed E-state index contributed by atoms with van der Waals surface area (Å²) in [5.74, 6) is 0.600. The highest BCUT2D eigenvalue weighted by molar-refractivity contribution is 5.68. The summed E-state index contributed by atoms with van der Waals surface area (Å²) in [7, 11) is 0. The summed E-state index contributed by atoms with van der Waals surface area (Å²) in [6.07, 6.45) is 2.11. The third kappa shape index (κ3) is 2.43. The molecule has 2 aliphatic rings. The van der Waals surface area contributed by atoms with Crippen LogP contribution in [0.1, 0.15) is 33.6 Å². The number of nitrogens with one attached hydrogen (secondary N) is 2. The molecule has 0 aromatic carbocycles. The molecule has 2 rings (SSSR count). The molecule has 0 radical (unpaired) electrons. The number of carbonyl (C=O) groups excluding carboxylic acids is 1. The molecule has 4 nitrogen and oxygen atoms in total. The third-order valence-corrected chi connectivity index (χ3v) is 3.12. The number of piperidine rings is 1. The van der Waals surface area contributed by atoms with Crippen LogP contribution in [0.25, 0.3) is 0 Å². The summed E-state index contributed by atoms with van der Waals surface area (Å²) in [5, 5.41) is 6.38. The molecule has 15 heavy (non-hydrogen) atoms. The van der Waals surface area contributed by atoms with Gasteiger partial charge in [0.05, 0.1) is 6.04 Å². The zero-order valence-electron chi connectivity index (χ0n) is 9.67. The van der Waals surface area contributed by atoms with Crippen LogP contribution < -0.4 is 10.6 Å². The van der Waals surface area contributed by atoms with Crippen LogP contribution in [-0.2, 0) is 4.74 Å². The lowest BCUT2D eigenvalue weighted by Gasteiger charge is -2.23. The van der Waals surface area contributed by atoms with Gasteiger partial charge in [-0.15, -0.1) is 0 Å². The molecule has 0 aromatic heterocycles. The van der Waals surface area contributed by atoms with Crippen molar-refractivity contribution < 1.29 is 9.53 Å². The predicted octanol–water partition coefficient (Wildman–Crippen LogP) is 1.26. The van der Waals surface area contributed by atoms with Crippen molar-refractivity contribution in [3.63, 3.8) is 0 Å². The summed E-state index contributed by atoms with van der Waals surface area (Å²) in [5.41, 5.74) is -0.408. The fraction of sp³-hybridized carbons (Fsp3) is 0.909. The smallest absolute Gasteiger partial charge is 0.407 e. The Morgan fingerprint density at radius 2 is 2.13 bits per heavy atom. The molecule has 0 spiro atoms. The topological polar surface area (TPSA) is 50.4 Å². The Kier molecular flexibility index (Phi) is 2.63. The van der Waals surface area contributed by atoms with Gasteiger partial charge in [-0.05, 0) is 39.5 Å². The average Bonchev–Trinajstić information content (AvgIpc) is 2.61. The average molecular weight is 212 g/mol. The van der Waals surface area contributed by atoms with Crippen molar-refractivity contribution in [3.05, 3.63) is 0 Å². The minimum absolute atomic E-state index is 0.278. The SMILES string of the molecule is CC(C)(C)OC(=O)N[C@H]1[C@@H]2CC[C@@H]1NC2. The second kappa shape index (κ2) is 3.67. The van der Waals surface area contributed by atoms with Gasteiger partial charge in [-0.1, -0.05) is 0 Å². The maximum Gasteiger partial charge on any atom is 0.407 e. The fourth-order valence-electron chi connectivity index (χ4n) is 2.50.